The highest BCUT2D eigenvalue weighted by Crippen LogP contribution is 2.42. The molecule has 6 nitrogen and oxygen atoms in total. The molecular formula is C28H25N3O3. The fraction of sp³-hybridized carbons (Fsp3) is 0.214. The summed E-state index contributed by atoms with van der Waals surface area (Å²) in [5.41, 5.74) is 5.09. The number of hydrogen-bond donors (Lipinski definition) is 1. The molecule has 0 radical (unpaired) electrons. The zero-order chi connectivity index (χ0) is 23.2. The molecule has 1 fully saturated rings. The summed E-state index contributed by atoms with van der Waals surface area (Å²) in [4.78, 5) is 34.4. The van der Waals surface area contributed by atoms with Crippen molar-refractivity contribution in [1.82, 2.24) is 14.8 Å². The fourth-order valence-electron chi connectivity index (χ4n) is 5.39. The van der Waals surface area contributed by atoms with Crippen LogP contribution in [-0.4, -0.2) is 46.3 Å². The van der Waals surface area contributed by atoms with Crippen molar-refractivity contribution >= 4 is 22.7 Å². The molecule has 170 valence electrons. The highest BCUT2D eigenvalue weighted by Gasteiger charge is 2.48. The normalized spacial score (nSPS) is 19.8. The van der Waals surface area contributed by atoms with Gasteiger partial charge in [-0.05, 0) is 34.9 Å². The number of carbonyl (C=O) groups is 2. The Kier molecular flexibility index (Phi) is 4.87. The number of aromatic nitrogens is 1. The highest BCUT2D eigenvalue weighted by molar-refractivity contribution is 5.97. The van der Waals surface area contributed by atoms with E-state index in [0.29, 0.717) is 13.0 Å². The number of amides is 2. The van der Waals surface area contributed by atoms with E-state index in [-0.39, 0.29) is 24.4 Å². The van der Waals surface area contributed by atoms with Crippen molar-refractivity contribution in [3.05, 3.63) is 101 Å². The average molecular weight is 452 g/mol. The molecule has 2 aliphatic heterocycles. The minimum absolute atomic E-state index is 0.00195. The molecule has 34 heavy (non-hydrogen) atoms. The van der Waals surface area contributed by atoms with Gasteiger partial charge in [-0.1, -0.05) is 60.7 Å². The Hall–Kier alpha value is -4.06. The van der Waals surface area contributed by atoms with E-state index in [4.69, 9.17) is 4.74 Å². The molecule has 1 N–H and O–H groups in total. The van der Waals surface area contributed by atoms with Crippen LogP contribution in [0.2, 0.25) is 0 Å². The van der Waals surface area contributed by atoms with Crippen LogP contribution in [0.3, 0.4) is 0 Å². The lowest BCUT2D eigenvalue weighted by atomic mass is 9.86. The second-order valence-corrected chi connectivity index (χ2v) is 8.94. The zero-order valence-electron chi connectivity index (χ0n) is 18.9. The third kappa shape index (κ3) is 3.25. The predicted octanol–water partition coefficient (Wildman–Crippen LogP) is 4.06. The van der Waals surface area contributed by atoms with Gasteiger partial charge in [-0.15, -0.1) is 0 Å². The summed E-state index contributed by atoms with van der Waals surface area (Å²) in [5, 5.41) is 1.11. The number of H-pyrrole nitrogens is 1. The monoisotopic (exact) mass is 451 g/mol. The Bertz CT molecular complexity index is 1380. The second kappa shape index (κ2) is 8.06. The maximum atomic E-state index is 13.8. The van der Waals surface area contributed by atoms with Crippen LogP contribution in [0.25, 0.3) is 10.9 Å². The number of hydrogen-bond acceptors (Lipinski definition) is 3. The first-order chi connectivity index (χ1) is 16.6. The number of aromatic amines is 1. The van der Waals surface area contributed by atoms with Gasteiger partial charge in [0, 0.05) is 29.6 Å². The SMILES string of the molecule is COc1ccc(C2c3[nH]c4ccccc4c3C[C@@H]3C(=O)N(Cc4ccccc4)CC(=O)N23)cc1. The van der Waals surface area contributed by atoms with Gasteiger partial charge in [-0.3, -0.25) is 9.59 Å². The molecule has 0 aliphatic carbocycles. The largest absolute Gasteiger partial charge is 0.497 e. The highest BCUT2D eigenvalue weighted by atomic mass is 16.5. The number of piperazine rings is 1. The minimum atomic E-state index is -0.538. The molecule has 0 saturated carbocycles. The average Bonchev–Trinajstić information content (AvgIpc) is 3.25. The van der Waals surface area contributed by atoms with E-state index in [0.717, 1.165) is 39.0 Å². The third-order valence-corrected chi connectivity index (χ3v) is 6.99. The Morgan fingerprint density at radius 3 is 2.44 bits per heavy atom. The lowest BCUT2D eigenvalue weighted by molar-refractivity contribution is -0.159. The molecule has 6 heteroatoms. The van der Waals surface area contributed by atoms with Crippen LogP contribution < -0.4 is 4.74 Å². The standard InChI is InChI=1S/C28H25N3O3/c1-34-20-13-11-19(12-14-20)27-26-22(21-9-5-6-10-23(21)29-26)15-24-28(33)30(17-25(32)31(24)27)16-18-7-3-2-4-8-18/h2-14,24,27,29H,15-17H2,1H3/t24-,27?/m1/s1. The second-order valence-electron chi connectivity index (χ2n) is 8.94. The Labute approximate surface area is 197 Å². The lowest BCUT2D eigenvalue weighted by Gasteiger charge is -2.47. The molecule has 1 saturated heterocycles. The molecular weight excluding hydrogens is 426 g/mol. The van der Waals surface area contributed by atoms with Crippen molar-refractivity contribution in [2.24, 2.45) is 0 Å². The number of fused-ring (bicyclic) bond motifs is 4. The maximum absolute atomic E-state index is 13.8. The molecule has 2 amide bonds. The third-order valence-electron chi connectivity index (χ3n) is 6.99. The summed E-state index contributed by atoms with van der Waals surface area (Å²) < 4.78 is 5.34. The van der Waals surface area contributed by atoms with Gasteiger partial charge in [0.25, 0.3) is 0 Å². The summed E-state index contributed by atoms with van der Waals surface area (Å²) in [6.07, 6.45) is 0.502. The van der Waals surface area contributed by atoms with E-state index < -0.39 is 6.04 Å². The number of nitrogens with one attached hydrogen (secondary N) is 1. The van der Waals surface area contributed by atoms with Crippen LogP contribution in [0.1, 0.15) is 28.4 Å². The predicted molar refractivity (Wildman–Crippen MR) is 129 cm³/mol. The van der Waals surface area contributed by atoms with E-state index in [9.17, 15) is 9.59 Å². The van der Waals surface area contributed by atoms with Gasteiger partial charge < -0.3 is 19.5 Å². The smallest absolute Gasteiger partial charge is 0.246 e. The molecule has 0 bridgehead atoms. The quantitative estimate of drug-likeness (QED) is 0.509. The topological polar surface area (TPSA) is 65.6 Å². The molecule has 2 atom stereocenters. The number of nitrogens with zero attached hydrogens (tertiary/aromatic N) is 2. The van der Waals surface area contributed by atoms with Gasteiger partial charge >= 0.3 is 0 Å². The van der Waals surface area contributed by atoms with Crippen molar-refractivity contribution in [1.29, 1.82) is 0 Å². The summed E-state index contributed by atoms with van der Waals surface area (Å²) >= 11 is 0. The Morgan fingerprint density at radius 2 is 1.68 bits per heavy atom. The van der Waals surface area contributed by atoms with Crippen LogP contribution in [0, 0.1) is 0 Å². The molecule has 3 aromatic carbocycles. The van der Waals surface area contributed by atoms with Crippen LogP contribution in [-0.2, 0) is 22.6 Å². The number of benzene rings is 3. The number of para-hydroxylation sites is 1. The number of carbonyl (C=O) groups excluding carboxylic acids is 2. The van der Waals surface area contributed by atoms with E-state index in [1.165, 1.54) is 0 Å². The molecule has 4 aromatic rings. The van der Waals surface area contributed by atoms with Gasteiger partial charge in [-0.25, -0.2) is 0 Å². The van der Waals surface area contributed by atoms with Crippen molar-refractivity contribution in [3.63, 3.8) is 0 Å². The van der Waals surface area contributed by atoms with Gasteiger partial charge in [0.05, 0.1) is 13.2 Å². The first-order valence-corrected chi connectivity index (χ1v) is 11.5. The van der Waals surface area contributed by atoms with Crippen LogP contribution in [0.15, 0.2) is 78.9 Å². The van der Waals surface area contributed by atoms with Gasteiger partial charge in [-0.2, -0.15) is 0 Å². The summed E-state index contributed by atoms with van der Waals surface area (Å²) in [6.45, 7) is 0.510. The molecule has 3 heterocycles. The number of rotatable bonds is 4. The molecule has 0 spiro atoms. The summed E-state index contributed by atoms with van der Waals surface area (Å²) in [7, 11) is 1.63. The number of methoxy groups -OCH3 is 1. The molecule has 1 aromatic heterocycles. The minimum Gasteiger partial charge on any atom is -0.497 e. The van der Waals surface area contributed by atoms with Crippen LogP contribution in [0.5, 0.6) is 5.75 Å². The van der Waals surface area contributed by atoms with E-state index in [2.05, 4.69) is 11.1 Å². The first kappa shape index (κ1) is 20.5. The molecule has 1 unspecified atom stereocenters. The molecule has 6 rings (SSSR count). The van der Waals surface area contributed by atoms with Crippen LogP contribution in [0.4, 0.5) is 0 Å². The van der Waals surface area contributed by atoms with Gasteiger partial charge in [0.2, 0.25) is 11.8 Å². The lowest BCUT2D eigenvalue weighted by Crippen LogP contribution is -2.62. The van der Waals surface area contributed by atoms with Crippen molar-refractivity contribution < 1.29 is 14.3 Å². The fourth-order valence-corrected chi connectivity index (χ4v) is 5.39. The maximum Gasteiger partial charge on any atom is 0.246 e. The van der Waals surface area contributed by atoms with Crippen molar-refractivity contribution in [3.8, 4) is 5.75 Å². The van der Waals surface area contributed by atoms with Gasteiger partial charge in [0.1, 0.15) is 18.3 Å². The first-order valence-electron chi connectivity index (χ1n) is 11.5. The van der Waals surface area contributed by atoms with E-state index in [1.54, 1.807) is 16.9 Å². The van der Waals surface area contributed by atoms with Crippen molar-refractivity contribution in [2.75, 3.05) is 13.7 Å². The summed E-state index contributed by atoms with van der Waals surface area (Å²) in [5.74, 6) is 0.714. The molecule has 2 aliphatic rings. The van der Waals surface area contributed by atoms with Crippen LogP contribution >= 0.6 is 0 Å². The number of ether oxygens (including phenoxy) is 1. The Balaban J connectivity index is 1.45. The van der Waals surface area contributed by atoms with E-state index in [1.807, 2.05) is 72.8 Å². The Morgan fingerprint density at radius 1 is 0.941 bits per heavy atom. The van der Waals surface area contributed by atoms with Crippen molar-refractivity contribution in [2.45, 2.75) is 25.0 Å². The zero-order valence-corrected chi connectivity index (χ0v) is 18.9. The summed E-state index contributed by atoms with van der Waals surface area (Å²) in [6, 6.07) is 24.9. The van der Waals surface area contributed by atoms with Gasteiger partial charge in [0.15, 0.2) is 0 Å². The van der Waals surface area contributed by atoms with E-state index >= 15 is 0 Å².